The second kappa shape index (κ2) is 4.97. The average Bonchev–Trinajstić information content (AvgIpc) is 2.18. The summed E-state index contributed by atoms with van der Waals surface area (Å²) in [5, 5.41) is 0. The predicted molar refractivity (Wildman–Crippen MR) is 45.2 cm³/mol. The molecule has 0 radical (unpaired) electrons. The van der Waals surface area contributed by atoms with Gasteiger partial charge in [0.15, 0.2) is 0 Å². The Morgan fingerprint density at radius 3 is 3.00 bits per heavy atom. The van der Waals surface area contributed by atoms with E-state index < -0.39 is 0 Å². The molecule has 1 aliphatic rings. The van der Waals surface area contributed by atoms with Crippen LogP contribution >= 0.6 is 0 Å². The number of hydrogen-bond acceptors (Lipinski definition) is 4. The molecule has 1 aliphatic heterocycles. The van der Waals surface area contributed by atoms with Gasteiger partial charge in [-0.05, 0) is 19.3 Å². The first-order valence-electron chi connectivity index (χ1n) is 4.44. The maximum Gasteiger partial charge on any atom is 0.308 e. The third-order valence-corrected chi connectivity index (χ3v) is 2.16. The Balaban J connectivity index is 2.33. The van der Waals surface area contributed by atoms with Gasteiger partial charge < -0.3 is 14.3 Å². The largest absolute Gasteiger partial charge is 0.469 e. The maximum absolute atomic E-state index is 10.9. The molecule has 0 aliphatic carbocycles. The zero-order chi connectivity index (χ0) is 9.68. The smallest absolute Gasteiger partial charge is 0.308 e. The zero-order valence-corrected chi connectivity index (χ0v) is 7.69. The highest BCUT2D eigenvalue weighted by Crippen LogP contribution is 2.20. The molecule has 1 heterocycles. The molecule has 0 N–H and O–H groups in total. The molecule has 0 spiro atoms. The predicted octanol–water partition coefficient (Wildman–Crippen LogP) is 0.686. The molecule has 4 heteroatoms. The highest BCUT2D eigenvalue weighted by atomic mass is 16.5. The molecule has 0 unspecified atom stereocenters. The van der Waals surface area contributed by atoms with Crippen molar-refractivity contribution in [3.05, 3.63) is 0 Å². The van der Waals surface area contributed by atoms with E-state index in [4.69, 9.17) is 4.74 Å². The number of carbonyl (C=O) groups is 2. The summed E-state index contributed by atoms with van der Waals surface area (Å²) in [5.41, 5.74) is 0. The number of aldehydes is 1. The van der Waals surface area contributed by atoms with Crippen LogP contribution in [0.15, 0.2) is 0 Å². The van der Waals surface area contributed by atoms with Gasteiger partial charge in [-0.3, -0.25) is 4.79 Å². The zero-order valence-electron chi connectivity index (χ0n) is 7.69. The number of methoxy groups -OCH3 is 1. The third-order valence-electron chi connectivity index (χ3n) is 2.16. The lowest BCUT2D eigenvalue weighted by Crippen LogP contribution is -2.30. The van der Waals surface area contributed by atoms with Gasteiger partial charge in [0, 0.05) is 0 Å². The van der Waals surface area contributed by atoms with Crippen LogP contribution < -0.4 is 0 Å². The summed E-state index contributed by atoms with van der Waals surface area (Å²) in [5.74, 6) is -0.281. The van der Waals surface area contributed by atoms with Crippen LogP contribution in [0.4, 0.5) is 0 Å². The number of esters is 1. The van der Waals surface area contributed by atoms with Crippen molar-refractivity contribution in [2.45, 2.75) is 37.9 Å². The van der Waals surface area contributed by atoms with Crippen LogP contribution in [0.1, 0.15) is 25.7 Å². The van der Waals surface area contributed by atoms with E-state index >= 15 is 0 Å². The molecular weight excluding hydrogens is 172 g/mol. The Hall–Kier alpha value is -0.900. The van der Waals surface area contributed by atoms with Gasteiger partial charge >= 0.3 is 5.97 Å². The van der Waals surface area contributed by atoms with E-state index in [2.05, 4.69) is 4.74 Å². The monoisotopic (exact) mass is 186 g/mol. The van der Waals surface area contributed by atoms with E-state index in [1.54, 1.807) is 0 Å². The van der Waals surface area contributed by atoms with Crippen molar-refractivity contribution in [2.75, 3.05) is 7.11 Å². The van der Waals surface area contributed by atoms with Gasteiger partial charge in [-0.25, -0.2) is 0 Å². The summed E-state index contributed by atoms with van der Waals surface area (Å²) in [6, 6.07) is 0. The fourth-order valence-corrected chi connectivity index (χ4v) is 1.45. The molecule has 0 saturated carbocycles. The number of ether oxygens (including phenoxy) is 2. The van der Waals surface area contributed by atoms with Crippen molar-refractivity contribution in [1.29, 1.82) is 0 Å². The van der Waals surface area contributed by atoms with Crippen LogP contribution in [0.5, 0.6) is 0 Å². The van der Waals surface area contributed by atoms with Crippen molar-refractivity contribution < 1.29 is 19.1 Å². The molecule has 0 aromatic heterocycles. The van der Waals surface area contributed by atoms with E-state index in [9.17, 15) is 9.59 Å². The lowest BCUT2D eigenvalue weighted by molar-refractivity contribution is -0.148. The average molecular weight is 186 g/mol. The van der Waals surface area contributed by atoms with Gasteiger partial charge in [0.25, 0.3) is 0 Å². The lowest BCUT2D eigenvalue weighted by atomic mass is 10.0. The summed E-state index contributed by atoms with van der Waals surface area (Å²) in [4.78, 5) is 21.3. The minimum atomic E-state index is -0.330. The first-order chi connectivity index (χ1) is 6.26. The first kappa shape index (κ1) is 10.2. The maximum atomic E-state index is 10.9. The molecule has 13 heavy (non-hydrogen) atoms. The van der Waals surface area contributed by atoms with Gasteiger partial charge in [0.2, 0.25) is 0 Å². The van der Waals surface area contributed by atoms with Crippen molar-refractivity contribution in [3.63, 3.8) is 0 Å². The quantitative estimate of drug-likeness (QED) is 0.480. The molecule has 0 aromatic rings. The van der Waals surface area contributed by atoms with E-state index in [1.165, 1.54) is 7.11 Å². The number of hydrogen-bond donors (Lipinski definition) is 0. The van der Waals surface area contributed by atoms with Crippen molar-refractivity contribution in [2.24, 2.45) is 0 Å². The number of rotatable bonds is 3. The summed E-state index contributed by atoms with van der Waals surface area (Å²) in [7, 11) is 1.35. The molecule has 1 fully saturated rings. The van der Waals surface area contributed by atoms with Gasteiger partial charge in [0.1, 0.15) is 12.4 Å². The van der Waals surface area contributed by atoms with E-state index in [1.807, 2.05) is 0 Å². The summed E-state index contributed by atoms with van der Waals surface area (Å²) in [6.45, 7) is 0. The first-order valence-corrected chi connectivity index (χ1v) is 4.44. The van der Waals surface area contributed by atoms with Crippen LogP contribution in [0.25, 0.3) is 0 Å². The summed E-state index contributed by atoms with van der Waals surface area (Å²) < 4.78 is 9.85. The fourth-order valence-electron chi connectivity index (χ4n) is 1.45. The number of carbonyl (C=O) groups excluding carboxylic acids is 2. The van der Waals surface area contributed by atoms with E-state index in [0.29, 0.717) is 0 Å². The normalized spacial score (nSPS) is 28.1. The van der Waals surface area contributed by atoms with E-state index in [-0.39, 0.29) is 24.6 Å². The second-order valence-electron chi connectivity index (χ2n) is 3.14. The fraction of sp³-hybridized carbons (Fsp3) is 0.778. The standard InChI is InChI=1S/C9H14O4/c1-12-9(11)5-7-3-2-4-8(6-10)13-7/h6-8H,2-5H2,1H3/t7-,8-/m0/s1. The Kier molecular flexibility index (Phi) is 3.89. The molecule has 2 atom stereocenters. The molecule has 0 amide bonds. The Bertz CT molecular complexity index is 190. The van der Waals surface area contributed by atoms with Crippen LogP contribution in [-0.2, 0) is 19.1 Å². The molecular formula is C9H14O4. The lowest BCUT2D eigenvalue weighted by Gasteiger charge is -2.25. The van der Waals surface area contributed by atoms with Crippen molar-refractivity contribution in [3.8, 4) is 0 Å². The van der Waals surface area contributed by atoms with Crippen LogP contribution in [-0.4, -0.2) is 31.6 Å². The molecule has 0 bridgehead atoms. The van der Waals surface area contributed by atoms with E-state index in [0.717, 1.165) is 25.5 Å². The highest BCUT2D eigenvalue weighted by molar-refractivity contribution is 5.69. The SMILES string of the molecule is COC(=O)C[C@@H]1CCC[C@@H](C=O)O1. The Morgan fingerprint density at radius 2 is 2.38 bits per heavy atom. The van der Waals surface area contributed by atoms with Crippen LogP contribution in [0.2, 0.25) is 0 Å². The third kappa shape index (κ3) is 3.14. The van der Waals surface area contributed by atoms with Gasteiger partial charge in [-0.2, -0.15) is 0 Å². The van der Waals surface area contributed by atoms with Crippen molar-refractivity contribution in [1.82, 2.24) is 0 Å². The van der Waals surface area contributed by atoms with Crippen LogP contribution in [0.3, 0.4) is 0 Å². The van der Waals surface area contributed by atoms with Gasteiger partial charge in [-0.1, -0.05) is 0 Å². The Morgan fingerprint density at radius 1 is 1.62 bits per heavy atom. The minimum absolute atomic E-state index is 0.142. The molecule has 1 rings (SSSR count). The highest BCUT2D eigenvalue weighted by Gasteiger charge is 2.23. The minimum Gasteiger partial charge on any atom is -0.469 e. The topological polar surface area (TPSA) is 52.6 Å². The van der Waals surface area contributed by atoms with Crippen molar-refractivity contribution >= 4 is 12.3 Å². The molecule has 4 nitrogen and oxygen atoms in total. The summed E-state index contributed by atoms with van der Waals surface area (Å²) in [6.07, 6.45) is 3.11. The summed E-state index contributed by atoms with van der Waals surface area (Å²) >= 11 is 0. The van der Waals surface area contributed by atoms with Crippen LogP contribution in [0, 0.1) is 0 Å². The molecule has 1 saturated heterocycles. The van der Waals surface area contributed by atoms with Gasteiger partial charge in [0.05, 0.1) is 19.6 Å². The Labute approximate surface area is 77.2 Å². The molecule has 0 aromatic carbocycles. The van der Waals surface area contributed by atoms with Gasteiger partial charge in [-0.15, -0.1) is 0 Å². The second-order valence-corrected chi connectivity index (χ2v) is 3.14. The molecule has 74 valence electrons.